The van der Waals surface area contributed by atoms with Crippen molar-refractivity contribution in [3.8, 4) is 11.1 Å². The Labute approximate surface area is 112 Å². The van der Waals surface area contributed by atoms with Crippen molar-refractivity contribution < 1.29 is 13.9 Å². The van der Waals surface area contributed by atoms with Crippen molar-refractivity contribution in [1.82, 2.24) is 0 Å². The molecule has 0 saturated carbocycles. The van der Waals surface area contributed by atoms with Gasteiger partial charge in [0.2, 0.25) is 0 Å². The van der Waals surface area contributed by atoms with Crippen LogP contribution in [0.5, 0.6) is 0 Å². The van der Waals surface area contributed by atoms with Crippen LogP contribution in [0.1, 0.15) is 20.8 Å². The fraction of sp³-hybridized carbons (Fsp3) is 0.267. The number of hydrogen-bond acceptors (Lipinski definition) is 3. The maximum absolute atomic E-state index is 11.8. The Morgan fingerprint density at radius 1 is 1.21 bits per heavy atom. The van der Waals surface area contributed by atoms with Gasteiger partial charge >= 0.3 is 6.09 Å². The summed E-state index contributed by atoms with van der Waals surface area (Å²) in [6.45, 7) is 5.48. The second kappa shape index (κ2) is 5.18. The van der Waals surface area contributed by atoms with Crippen LogP contribution in [0.2, 0.25) is 0 Å². The lowest BCUT2D eigenvalue weighted by Crippen LogP contribution is -2.27. The molecule has 4 nitrogen and oxygen atoms in total. The minimum Gasteiger partial charge on any atom is -0.472 e. The van der Waals surface area contributed by atoms with Gasteiger partial charge in [-0.05, 0) is 32.9 Å². The minimum atomic E-state index is -0.519. The lowest BCUT2D eigenvalue weighted by atomic mass is 10.1. The highest BCUT2D eigenvalue weighted by Crippen LogP contribution is 2.28. The fourth-order valence-electron chi connectivity index (χ4n) is 1.68. The molecule has 100 valence electrons. The average molecular weight is 259 g/mol. The van der Waals surface area contributed by atoms with E-state index < -0.39 is 11.7 Å². The van der Waals surface area contributed by atoms with E-state index in [4.69, 9.17) is 9.15 Å². The van der Waals surface area contributed by atoms with E-state index in [1.165, 1.54) is 0 Å². The van der Waals surface area contributed by atoms with Gasteiger partial charge in [0.1, 0.15) is 5.60 Å². The van der Waals surface area contributed by atoms with Gasteiger partial charge in [0.25, 0.3) is 0 Å². The molecule has 0 radical (unpaired) electrons. The van der Waals surface area contributed by atoms with Crippen LogP contribution in [0.4, 0.5) is 10.5 Å². The van der Waals surface area contributed by atoms with E-state index in [0.29, 0.717) is 5.69 Å². The number of ether oxygens (including phenoxy) is 1. The molecule has 2 rings (SSSR count). The van der Waals surface area contributed by atoms with Crippen molar-refractivity contribution in [3.63, 3.8) is 0 Å². The van der Waals surface area contributed by atoms with E-state index in [9.17, 15) is 4.79 Å². The summed E-state index contributed by atoms with van der Waals surface area (Å²) < 4.78 is 10.3. The molecule has 0 spiro atoms. The topological polar surface area (TPSA) is 51.5 Å². The normalized spacial score (nSPS) is 11.1. The number of carbonyl (C=O) groups excluding carboxylic acids is 1. The maximum Gasteiger partial charge on any atom is 0.412 e. The molecule has 0 aliphatic rings. The summed E-state index contributed by atoms with van der Waals surface area (Å²) in [5.41, 5.74) is 1.97. The van der Waals surface area contributed by atoms with E-state index in [1.54, 1.807) is 12.5 Å². The molecule has 1 N–H and O–H groups in total. The first-order chi connectivity index (χ1) is 8.96. The van der Waals surface area contributed by atoms with Crippen molar-refractivity contribution >= 4 is 11.8 Å². The summed E-state index contributed by atoms with van der Waals surface area (Å²) in [5, 5.41) is 2.75. The molecular formula is C15H17NO3. The van der Waals surface area contributed by atoms with E-state index in [-0.39, 0.29) is 0 Å². The Hall–Kier alpha value is -2.23. The second-order valence-electron chi connectivity index (χ2n) is 5.18. The van der Waals surface area contributed by atoms with Crippen molar-refractivity contribution in [2.45, 2.75) is 26.4 Å². The van der Waals surface area contributed by atoms with Gasteiger partial charge in [-0.15, -0.1) is 0 Å². The molecule has 0 fully saturated rings. The smallest absolute Gasteiger partial charge is 0.412 e. The van der Waals surface area contributed by atoms with Crippen LogP contribution in [0, 0.1) is 0 Å². The summed E-state index contributed by atoms with van der Waals surface area (Å²) in [4.78, 5) is 11.8. The molecule has 19 heavy (non-hydrogen) atoms. The van der Waals surface area contributed by atoms with Gasteiger partial charge in [0.15, 0.2) is 0 Å². The van der Waals surface area contributed by atoms with Gasteiger partial charge in [-0.2, -0.15) is 0 Å². The zero-order chi connectivity index (χ0) is 13.9. The van der Waals surface area contributed by atoms with Crippen LogP contribution >= 0.6 is 0 Å². The van der Waals surface area contributed by atoms with Crippen LogP contribution in [0.25, 0.3) is 11.1 Å². The van der Waals surface area contributed by atoms with E-state index >= 15 is 0 Å². The highest BCUT2D eigenvalue weighted by atomic mass is 16.6. The summed E-state index contributed by atoms with van der Waals surface area (Å²) in [6.07, 6.45) is 2.76. The predicted octanol–water partition coefficient (Wildman–Crippen LogP) is 4.29. The first kappa shape index (κ1) is 13.2. The zero-order valence-corrected chi connectivity index (χ0v) is 11.3. The fourth-order valence-corrected chi connectivity index (χ4v) is 1.68. The Kier molecular flexibility index (Phi) is 3.60. The van der Waals surface area contributed by atoms with Crippen molar-refractivity contribution in [2.24, 2.45) is 0 Å². The van der Waals surface area contributed by atoms with Crippen LogP contribution in [-0.4, -0.2) is 11.7 Å². The molecule has 0 unspecified atom stereocenters. The maximum atomic E-state index is 11.8. The molecular weight excluding hydrogens is 242 g/mol. The number of para-hydroxylation sites is 1. The Balaban J connectivity index is 2.20. The molecule has 0 saturated heterocycles. The second-order valence-corrected chi connectivity index (χ2v) is 5.18. The van der Waals surface area contributed by atoms with Crippen molar-refractivity contribution in [2.75, 3.05) is 5.32 Å². The number of nitrogens with one attached hydrogen (secondary N) is 1. The van der Waals surface area contributed by atoms with Gasteiger partial charge < -0.3 is 9.15 Å². The number of benzene rings is 1. The van der Waals surface area contributed by atoms with Gasteiger partial charge in [0, 0.05) is 11.1 Å². The third-order valence-electron chi connectivity index (χ3n) is 2.39. The number of furan rings is 1. The summed E-state index contributed by atoms with van der Waals surface area (Å²) >= 11 is 0. The summed E-state index contributed by atoms with van der Waals surface area (Å²) in [6, 6.07) is 9.35. The quantitative estimate of drug-likeness (QED) is 0.875. The largest absolute Gasteiger partial charge is 0.472 e. The number of anilines is 1. The van der Waals surface area contributed by atoms with Crippen LogP contribution < -0.4 is 5.32 Å². The lowest BCUT2D eigenvalue weighted by Gasteiger charge is -2.20. The zero-order valence-electron chi connectivity index (χ0n) is 11.3. The van der Waals surface area contributed by atoms with Gasteiger partial charge in [-0.25, -0.2) is 4.79 Å². The van der Waals surface area contributed by atoms with E-state index in [0.717, 1.165) is 11.1 Å². The number of amides is 1. The average Bonchev–Trinajstić information content (AvgIpc) is 2.80. The van der Waals surface area contributed by atoms with Gasteiger partial charge in [-0.1, -0.05) is 18.2 Å². The molecule has 0 bridgehead atoms. The first-order valence-electron chi connectivity index (χ1n) is 6.07. The molecule has 0 aliphatic heterocycles. The molecule has 1 heterocycles. The monoisotopic (exact) mass is 259 g/mol. The molecule has 2 aromatic rings. The third kappa shape index (κ3) is 3.61. The van der Waals surface area contributed by atoms with Gasteiger partial charge in [-0.3, -0.25) is 5.32 Å². The van der Waals surface area contributed by atoms with Crippen molar-refractivity contribution in [3.05, 3.63) is 42.9 Å². The van der Waals surface area contributed by atoms with Gasteiger partial charge in [0.05, 0.1) is 18.2 Å². The van der Waals surface area contributed by atoms with E-state index in [1.807, 2.05) is 51.1 Å². The molecule has 4 heteroatoms. The molecule has 1 aromatic carbocycles. The Morgan fingerprint density at radius 2 is 1.95 bits per heavy atom. The number of hydrogen-bond donors (Lipinski definition) is 1. The lowest BCUT2D eigenvalue weighted by molar-refractivity contribution is 0.0636. The molecule has 0 atom stereocenters. The van der Waals surface area contributed by atoms with Crippen LogP contribution in [-0.2, 0) is 4.74 Å². The highest BCUT2D eigenvalue weighted by molar-refractivity contribution is 5.91. The number of carbonyl (C=O) groups is 1. The Bertz CT molecular complexity index is 553. The van der Waals surface area contributed by atoms with Crippen molar-refractivity contribution in [1.29, 1.82) is 0 Å². The molecule has 1 amide bonds. The summed E-state index contributed by atoms with van der Waals surface area (Å²) in [7, 11) is 0. The molecule has 0 aliphatic carbocycles. The van der Waals surface area contributed by atoms with Crippen LogP contribution in [0.3, 0.4) is 0 Å². The minimum absolute atomic E-state index is 0.469. The Morgan fingerprint density at radius 3 is 2.58 bits per heavy atom. The standard InChI is InChI=1S/C15H17NO3/c1-15(2,3)19-14(17)16-13-7-5-4-6-12(13)11-8-9-18-10-11/h4-10H,1-3H3,(H,16,17). The SMILES string of the molecule is CC(C)(C)OC(=O)Nc1ccccc1-c1ccoc1. The number of rotatable bonds is 2. The predicted molar refractivity (Wildman–Crippen MR) is 74.0 cm³/mol. The highest BCUT2D eigenvalue weighted by Gasteiger charge is 2.17. The van der Waals surface area contributed by atoms with E-state index in [2.05, 4.69) is 5.32 Å². The third-order valence-corrected chi connectivity index (χ3v) is 2.39. The first-order valence-corrected chi connectivity index (χ1v) is 6.07. The molecule has 1 aromatic heterocycles. The van der Waals surface area contributed by atoms with Crippen LogP contribution in [0.15, 0.2) is 47.3 Å². The summed E-state index contributed by atoms with van der Waals surface area (Å²) in [5.74, 6) is 0.